The molecule has 7 heteroatoms. The highest BCUT2D eigenvalue weighted by Crippen LogP contribution is 2.33. The molecule has 31 heavy (non-hydrogen) atoms. The Bertz CT molecular complexity index is 1310. The largest absolute Gasteiger partial charge is 0.384 e. The zero-order chi connectivity index (χ0) is 22.7. The van der Waals surface area contributed by atoms with Crippen LogP contribution in [0.2, 0.25) is 0 Å². The summed E-state index contributed by atoms with van der Waals surface area (Å²) in [4.78, 5) is 26.1. The van der Waals surface area contributed by atoms with E-state index in [0.29, 0.717) is 11.3 Å². The molecule has 0 aliphatic carbocycles. The van der Waals surface area contributed by atoms with E-state index in [4.69, 9.17) is 11.1 Å². The molecular weight excluding hydrogens is 390 g/mol. The predicted octanol–water partition coefficient (Wildman–Crippen LogP) is 3.63. The van der Waals surface area contributed by atoms with Gasteiger partial charge in [-0.05, 0) is 31.5 Å². The van der Waals surface area contributed by atoms with Crippen LogP contribution >= 0.6 is 0 Å². The maximum Gasteiger partial charge on any atom is 0.268 e. The number of nitrogen functional groups attached to an aromatic ring is 1. The van der Waals surface area contributed by atoms with Crippen LogP contribution in [-0.2, 0) is 0 Å². The summed E-state index contributed by atoms with van der Waals surface area (Å²) < 4.78 is 1.15. The first-order valence-corrected chi connectivity index (χ1v) is 9.41. The second-order valence-corrected chi connectivity index (χ2v) is 7.01. The lowest BCUT2D eigenvalue weighted by Gasteiger charge is -2.21. The van der Waals surface area contributed by atoms with E-state index in [9.17, 15) is 20.1 Å². The Kier molecular flexibility index (Phi) is 5.81. The first-order chi connectivity index (χ1) is 14.8. The zero-order valence-electron chi connectivity index (χ0n) is 17.0. The van der Waals surface area contributed by atoms with Crippen molar-refractivity contribution in [2.75, 3.05) is 5.73 Å². The van der Waals surface area contributed by atoms with Crippen LogP contribution < -0.4 is 11.3 Å². The van der Waals surface area contributed by atoms with Crippen molar-refractivity contribution in [1.29, 1.82) is 15.9 Å². The number of ketones is 1. The van der Waals surface area contributed by atoms with Gasteiger partial charge >= 0.3 is 0 Å². The smallest absolute Gasteiger partial charge is 0.268 e. The van der Waals surface area contributed by atoms with Gasteiger partial charge in [-0.25, -0.2) is 0 Å². The molecule has 0 spiro atoms. The summed E-state index contributed by atoms with van der Waals surface area (Å²) in [5, 5.41) is 27.3. The minimum absolute atomic E-state index is 0.0182. The van der Waals surface area contributed by atoms with Crippen molar-refractivity contribution in [3.8, 4) is 29.0 Å². The summed E-state index contributed by atoms with van der Waals surface area (Å²) >= 11 is 0. The summed E-state index contributed by atoms with van der Waals surface area (Å²) in [5.41, 5.74) is 7.28. The fourth-order valence-electron chi connectivity index (χ4n) is 3.44. The molecule has 1 aromatic heterocycles. The van der Waals surface area contributed by atoms with Crippen molar-refractivity contribution in [1.82, 2.24) is 4.57 Å². The fraction of sp³-hybridized carbons (Fsp3) is 0.125. The number of nitrogens with one attached hydrogen (secondary N) is 1. The number of benzene rings is 2. The molecule has 1 heterocycles. The molecule has 0 amide bonds. The number of carbonyl (C=O) groups excluding carboxylic acids is 1. The minimum Gasteiger partial charge on any atom is -0.384 e. The van der Waals surface area contributed by atoms with Gasteiger partial charge in [0.15, 0.2) is 11.7 Å². The SMILES string of the molecule is CC(=O)c1c(-c2ccccc2)c(C(=N)C(C#N)C#N)c(N)n(-c2ccc(C)cc2)c1=O. The zero-order valence-corrected chi connectivity index (χ0v) is 17.0. The number of aromatic nitrogens is 1. The number of nitriles is 2. The van der Waals surface area contributed by atoms with E-state index < -0.39 is 17.3 Å². The van der Waals surface area contributed by atoms with E-state index in [1.54, 1.807) is 66.7 Å². The van der Waals surface area contributed by atoms with Crippen molar-refractivity contribution in [2.45, 2.75) is 13.8 Å². The van der Waals surface area contributed by atoms with Gasteiger partial charge in [-0.15, -0.1) is 0 Å². The van der Waals surface area contributed by atoms with Crippen LogP contribution in [-0.4, -0.2) is 16.1 Å². The summed E-state index contributed by atoms with van der Waals surface area (Å²) in [7, 11) is 0. The number of nitrogens with zero attached hydrogens (tertiary/aromatic N) is 3. The van der Waals surface area contributed by atoms with E-state index in [2.05, 4.69) is 0 Å². The fourth-order valence-corrected chi connectivity index (χ4v) is 3.44. The second-order valence-electron chi connectivity index (χ2n) is 7.01. The number of Topliss-reactive ketones (excluding diaryl/α,β-unsaturated/α-hetero) is 1. The summed E-state index contributed by atoms with van der Waals surface area (Å²) in [6.45, 7) is 3.15. The van der Waals surface area contributed by atoms with Gasteiger partial charge in [0.2, 0.25) is 0 Å². The third-order valence-corrected chi connectivity index (χ3v) is 4.94. The van der Waals surface area contributed by atoms with E-state index in [1.807, 2.05) is 6.92 Å². The maximum atomic E-state index is 13.5. The number of hydrogen-bond acceptors (Lipinski definition) is 6. The third-order valence-electron chi connectivity index (χ3n) is 4.94. The molecule has 0 unspecified atom stereocenters. The average molecular weight is 409 g/mol. The number of rotatable bonds is 5. The highest BCUT2D eigenvalue weighted by molar-refractivity contribution is 6.15. The summed E-state index contributed by atoms with van der Waals surface area (Å²) in [6.07, 6.45) is 0. The highest BCUT2D eigenvalue weighted by Gasteiger charge is 2.29. The van der Waals surface area contributed by atoms with Gasteiger partial charge in [-0.3, -0.25) is 14.2 Å². The number of carbonyl (C=O) groups is 1. The third kappa shape index (κ3) is 3.73. The van der Waals surface area contributed by atoms with Gasteiger partial charge in [-0.2, -0.15) is 10.5 Å². The molecule has 3 N–H and O–H groups in total. The lowest BCUT2D eigenvalue weighted by atomic mass is 9.87. The summed E-state index contributed by atoms with van der Waals surface area (Å²) in [6, 6.07) is 19.1. The number of nitrogens with two attached hydrogens (primary N) is 1. The van der Waals surface area contributed by atoms with Gasteiger partial charge in [0.25, 0.3) is 5.56 Å². The molecule has 3 rings (SSSR count). The van der Waals surface area contributed by atoms with Crippen molar-refractivity contribution < 1.29 is 4.79 Å². The standard InChI is InChI=1S/C24H19N5O2/c1-14-8-10-18(11-9-14)29-23(28)21(22(27)17(12-25)13-26)20(16-6-4-3-5-7-16)19(15(2)30)24(29)31/h3-11,17,27H,28H2,1-2H3. The molecule has 0 saturated carbocycles. The van der Waals surface area contributed by atoms with E-state index in [0.717, 1.165) is 10.1 Å². The Balaban J connectivity index is 2.55. The molecule has 0 aliphatic rings. The second kappa shape index (κ2) is 8.48. The first kappa shape index (κ1) is 21.2. The highest BCUT2D eigenvalue weighted by atomic mass is 16.1. The monoisotopic (exact) mass is 409 g/mol. The van der Waals surface area contributed by atoms with Gasteiger partial charge in [0.1, 0.15) is 5.82 Å². The predicted molar refractivity (Wildman–Crippen MR) is 118 cm³/mol. The molecule has 0 aliphatic heterocycles. The Morgan fingerprint density at radius 1 is 1.03 bits per heavy atom. The molecule has 0 saturated heterocycles. The molecule has 0 atom stereocenters. The normalized spacial score (nSPS) is 10.4. The maximum absolute atomic E-state index is 13.5. The van der Waals surface area contributed by atoms with Crippen molar-refractivity contribution in [3.05, 3.63) is 81.6 Å². The van der Waals surface area contributed by atoms with Gasteiger partial charge in [0.05, 0.1) is 29.1 Å². The Labute approximate surface area is 179 Å². The first-order valence-electron chi connectivity index (χ1n) is 9.41. The summed E-state index contributed by atoms with van der Waals surface area (Å²) in [5.74, 6) is -2.05. The topological polar surface area (TPSA) is 137 Å². The van der Waals surface area contributed by atoms with Crippen LogP contribution in [0, 0.1) is 40.9 Å². The molecule has 0 radical (unpaired) electrons. The molecule has 7 nitrogen and oxygen atoms in total. The number of hydrogen-bond donors (Lipinski definition) is 2. The quantitative estimate of drug-likeness (QED) is 0.490. The lowest BCUT2D eigenvalue weighted by molar-refractivity contribution is 0.101. The molecule has 0 bridgehead atoms. The Hall–Kier alpha value is -4.49. The number of pyridine rings is 1. The Morgan fingerprint density at radius 2 is 1.61 bits per heavy atom. The van der Waals surface area contributed by atoms with Crippen LogP contribution in [0.5, 0.6) is 0 Å². The number of anilines is 1. The van der Waals surface area contributed by atoms with Crippen molar-refractivity contribution in [2.24, 2.45) is 5.92 Å². The minimum atomic E-state index is -1.42. The van der Waals surface area contributed by atoms with Crippen LogP contribution in [0.15, 0.2) is 59.4 Å². The lowest BCUT2D eigenvalue weighted by Crippen LogP contribution is -2.31. The van der Waals surface area contributed by atoms with Gasteiger partial charge in [-0.1, -0.05) is 48.0 Å². The van der Waals surface area contributed by atoms with Gasteiger partial charge < -0.3 is 11.1 Å². The van der Waals surface area contributed by atoms with Crippen LogP contribution in [0.4, 0.5) is 5.82 Å². The number of aryl methyl sites for hydroxylation is 1. The molecular formula is C24H19N5O2. The molecule has 152 valence electrons. The Morgan fingerprint density at radius 3 is 2.13 bits per heavy atom. The van der Waals surface area contributed by atoms with Crippen LogP contribution in [0.3, 0.4) is 0 Å². The van der Waals surface area contributed by atoms with E-state index in [-0.39, 0.29) is 28.2 Å². The molecule has 3 aromatic rings. The average Bonchev–Trinajstić information content (AvgIpc) is 2.75. The molecule has 0 fully saturated rings. The van der Waals surface area contributed by atoms with E-state index >= 15 is 0 Å². The van der Waals surface area contributed by atoms with Crippen molar-refractivity contribution >= 4 is 17.3 Å². The van der Waals surface area contributed by atoms with E-state index in [1.165, 1.54) is 6.92 Å². The van der Waals surface area contributed by atoms with Crippen molar-refractivity contribution in [3.63, 3.8) is 0 Å². The van der Waals surface area contributed by atoms with Gasteiger partial charge in [0, 0.05) is 11.1 Å². The molecule has 2 aromatic carbocycles. The van der Waals surface area contributed by atoms with Crippen LogP contribution in [0.25, 0.3) is 16.8 Å². The van der Waals surface area contributed by atoms with Crippen LogP contribution in [0.1, 0.15) is 28.4 Å².